The quantitative estimate of drug-likeness (QED) is 0.164. The van der Waals surface area contributed by atoms with Gasteiger partial charge < -0.3 is 9.80 Å². The summed E-state index contributed by atoms with van der Waals surface area (Å²) in [5, 5.41) is 7.27. The van der Waals surface area contributed by atoms with Crippen molar-refractivity contribution in [3.63, 3.8) is 0 Å². The van der Waals surface area contributed by atoms with E-state index in [-0.39, 0.29) is 17.5 Å². The first-order valence-electron chi connectivity index (χ1n) is 22.9. The lowest BCUT2D eigenvalue weighted by atomic mass is 9.33. The molecule has 0 N–H and O–H groups in total. The summed E-state index contributed by atoms with van der Waals surface area (Å²) in [6, 6.07) is 42.2. The summed E-state index contributed by atoms with van der Waals surface area (Å²) >= 11 is 0. The minimum absolute atomic E-state index is 0.0877. The lowest BCUT2D eigenvalue weighted by Gasteiger charge is -2.48. The zero-order valence-electron chi connectivity index (χ0n) is 36.9. The predicted molar refractivity (Wildman–Crippen MR) is 263 cm³/mol. The molecule has 60 heavy (non-hydrogen) atoms. The smallest absolute Gasteiger partial charge is 0.252 e. The fraction of sp³-hybridized carbons (Fsp3) is 0.321. The second-order valence-corrected chi connectivity index (χ2v) is 26.5. The molecule has 0 bridgehead atoms. The molecule has 2 aliphatic heterocycles. The van der Waals surface area contributed by atoms with E-state index in [4.69, 9.17) is 0 Å². The van der Waals surface area contributed by atoms with Crippen LogP contribution in [0.4, 0.5) is 34.1 Å². The number of hydrogen-bond donors (Lipinski definition) is 0. The lowest BCUT2D eigenvalue weighted by Crippen LogP contribution is -2.62. The number of benzene rings is 7. The number of aryl methyl sites for hydroxylation is 5. The van der Waals surface area contributed by atoms with Gasteiger partial charge in [0.25, 0.3) is 6.71 Å². The number of hydrogen-bond acceptors (Lipinski definition) is 2. The number of nitrogens with zero attached hydrogens (tertiary/aromatic N) is 2. The largest absolute Gasteiger partial charge is 0.311 e. The maximum Gasteiger partial charge on any atom is 0.252 e. The fourth-order valence-corrected chi connectivity index (χ4v) is 13.6. The third-order valence-corrected chi connectivity index (χ3v) is 17.7. The van der Waals surface area contributed by atoms with Gasteiger partial charge in [-0.1, -0.05) is 119 Å². The van der Waals surface area contributed by atoms with Crippen molar-refractivity contribution >= 4 is 92.0 Å². The average molecular weight is 797 g/mol. The Balaban J connectivity index is 1.23. The highest BCUT2D eigenvalue weighted by Crippen LogP contribution is 2.52. The van der Waals surface area contributed by atoms with Crippen molar-refractivity contribution in [2.24, 2.45) is 0 Å². The van der Waals surface area contributed by atoms with Gasteiger partial charge in [-0.15, -0.1) is 0 Å². The van der Waals surface area contributed by atoms with E-state index in [2.05, 4.69) is 167 Å². The fourth-order valence-electron chi connectivity index (χ4n) is 12.4. The molecule has 0 saturated heterocycles. The molecule has 12 rings (SSSR count). The summed E-state index contributed by atoms with van der Waals surface area (Å²) in [7, 11) is -1.68. The van der Waals surface area contributed by atoms with Gasteiger partial charge in [0.05, 0.1) is 19.4 Å². The summed E-state index contributed by atoms with van der Waals surface area (Å²) in [5.74, 6) is 0. The van der Waals surface area contributed by atoms with Gasteiger partial charge in [-0.2, -0.15) is 0 Å². The van der Waals surface area contributed by atoms with Crippen LogP contribution in [0.1, 0.15) is 92.3 Å². The Hall–Kier alpha value is -5.06. The first-order chi connectivity index (χ1) is 28.8. The molecule has 0 radical (unpaired) electrons. The van der Waals surface area contributed by atoms with Crippen LogP contribution >= 0.6 is 0 Å². The van der Waals surface area contributed by atoms with Crippen molar-refractivity contribution in [3.05, 3.63) is 142 Å². The Morgan fingerprint density at radius 3 is 1.53 bits per heavy atom. The second kappa shape index (κ2) is 12.5. The van der Waals surface area contributed by atoms with E-state index in [9.17, 15) is 0 Å². The summed E-state index contributed by atoms with van der Waals surface area (Å²) in [6.07, 6.45) is 9.48. The monoisotopic (exact) mass is 796 g/mol. The number of anilines is 6. The molecule has 3 aliphatic carbocycles. The van der Waals surface area contributed by atoms with E-state index < -0.39 is 8.07 Å². The third kappa shape index (κ3) is 5.13. The zero-order chi connectivity index (χ0) is 41.0. The minimum atomic E-state index is -1.68. The molecule has 4 heteroatoms. The topological polar surface area (TPSA) is 6.48 Å². The molecule has 2 nitrogen and oxygen atoms in total. The Kier molecular flexibility index (Phi) is 7.66. The predicted octanol–water partition coefficient (Wildman–Crippen LogP) is 12.3. The van der Waals surface area contributed by atoms with Crippen molar-refractivity contribution in [1.82, 2.24) is 0 Å². The van der Waals surface area contributed by atoms with Gasteiger partial charge in [0.2, 0.25) is 0 Å². The summed E-state index contributed by atoms with van der Waals surface area (Å²) < 4.78 is 0. The van der Waals surface area contributed by atoms with Gasteiger partial charge in [0.15, 0.2) is 0 Å². The molecule has 0 aromatic heterocycles. The highest BCUT2D eigenvalue weighted by Gasteiger charge is 2.47. The normalized spacial score (nSPS) is 18.0. The van der Waals surface area contributed by atoms with Gasteiger partial charge in [-0.3, -0.25) is 0 Å². The van der Waals surface area contributed by atoms with Gasteiger partial charge >= 0.3 is 0 Å². The van der Waals surface area contributed by atoms with Crippen molar-refractivity contribution in [2.45, 2.75) is 116 Å². The summed E-state index contributed by atoms with van der Waals surface area (Å²) in [4.78, 5) is 5.42. The van der Waals surface area contributed by atoms with E-state index >= 15 is 0 Å². The number of fused-ring (bicyclic) bond motifs is 5. The molecule has 7 aromatic carbocycles. The molecule has 0 amide bonds. The molecule has 0 atom stereocenters. The van der Waals surface area contributed by atoms with Crippen LogP contribution in [0.15, 0.2) is 103 Å². The van der Waals surface area contributed by atoms with Gasteiger partial charge in [-0.05, 0) is 172 Å². The maximum atomic E-state index is 2.73. The Bertz CT molecular complexity index is 3000. The Morgan fingerprint density at radius 2 is 0.983 bits per heavy atom. The molecule has 7 aromatic rings. The van der Waals surface area contributed by atoms with Gasteiger partial charge in [0.1, 0.15) is 0 Å². The van der Waals surface area contributed by atoms with Crippen LogP contribution in [0.5, 0.6) is 0 Å². The first kappa shape index (κ1) is 36.8. The number of rotatable bonds is 3. The van der Waals surface area contributed by atoms with Gasteiger partial charge in [0, 0.05) is 33.5 Å². The molecule has 5 aliphatic rings. The highest BCUT2D eigenvalue weighted by molar-refractivity contribution is 7.01. The minimum Gasteiger partial charge on any atom is -0.311 e. The van der Waals surface area contributed by atoms with Crippen LogP contribution in [0.25, 0.3) is 21.5 Å². The van der Waals surface area contributed by atoms with Crippen LogP contribution in [-0.4, -0.2) is 14.8 Å². The van der Waals surface area contributed by atoms with Gasteiger partial charge in [-0.25, -0.2) is 0 Å². The highest BCUT2D eigenvalue weighted by atomic mass is 28.3. The van der Waals surface area contributed by atoms with E-state index in [1.165, 1.54) is 136 Å². The summed E-state index contributed by atoms with van der Waals surface area (Å²) in [6.45, 7) is 20.0. The maximum absolute atomic E-state index is 2.73. The lowest BCUT2D eigenvalue weighted by molar-refractivity contribution is 0.332. The van der Waals surface area contributed by atoms with Crippen LogP contribution < -0.4 is 31.4 Å². The molecule has 0 spiro atoms. The van der Waals surface area contributed by atoms with Crippen LogP contribution in [0.2, 0.25) is 19.6 Å². The van der Waals surface area contributed by atoms with E-state index in [1.807, 2.05) is 0 Å². The molecule has 0 saturated carbocycles. The molecular formula is C56H57BN2Si. The van der Waals surface area contributed by atoms with Crippen LogP contribution in [0, 0.1) is 6.92 Å². The van der Waals surface area contributed by atoms with Crippen molar-refractivity contribution in [2.75, 3.05) is 9.80 Å². The standard InChI is InChI=1S/C56H57BN2Si/c1-34-29-50-54-51(30-34)59(47-25-22-38-16-10-14-36-18-12-20-41(47)53(36)38)49-33-43-42(55(2,3)27-28-56(43,4)5)32-45(49)57(54)44-31-39(60(6,7)8)23-26-48(44)58(50)46-24-21-37-15-9-13-35-17-11-19-40(46)52(35)37/h11-12,17-26,29-33H,9-10,13-16,27-28H2,1-8H3. The van der Waals surface area contributed by atoms with Crippen LogP contribution in [-0.2, 0) is 36.5 Å². The molecule has 0 unspecified atom stereocenters. The first-order valence-corrected chi connectivity index (χ1v) is 26.4. The van der Waals surface area contributed by atoms with E-state index in [1.54, 1.807) is 5.56 Å². The second-order valence-electron chi connectivity index (χ2n) is 21.4. The zero-order valence-corrected chi connectivity index (χ0v) is 37.9. The molecule has 298 valence electrons. The van der Waals surface area contributed by atoms with Crippen molar-refractivity contribution < 1.29 is 0 Å². The Labute approximate surface area is 358 Å². The van der Waals surface area contributed by atoms with E-state index in [0.717, 1.165) is 25.7 Å². The molecule has 2 heterocycles. The van der Waals surface area contributed by atoms with Crippen LogP contribution in [0.3, 0.4) is 0 Å². The summed E-state index contributed by atoms with van der Waals surface area (Å²) in [5.41, 5.74) is 22.9. The molecular weight excluding hydrogens is 740 g/mol. The molecule has 0 fully saturated rings. The third-order valence-electron chi connectivity index (χ3n) is 15.7. The average Bonchev–Trinajstić information content (AvgIpc) is 3.23. The Morgan fingerprint density at radius 1 is 0.500 bits per heavy atom. The van der Waals surface area contributed by atoms with Crippen molar-refractivity contribution in [1.29, 1.82) is 0 Å². The van der Waals surface area contributed by atoms with E-state index in [0.29, 0.717) is 0 Å². The van der Waals surface area contributed by atoms with Crippen molar-refractivity contribution in [3.8, 4) is 0 Å². The SMILES string of the molecule is Cc1cc2c3c(c1)N(c1ccc4c5c(cccc15)CCC4)c1cc4c(cc1B3c1cc([Si](C)(C)C)ccc1N2c1ccc2c3c(cccc13)CCC2)C(C)(C)CCC4(C)C.